The maximum Gasteiger partial charge on any atom is 0.272 e. The number of rotatable bonds is 5. The van der Waals surface area contributed by atoms with Crippen LogP contribution in [-0.2, 0) is 6.42 Å². The molecule has 0 aliphatic rings. The Morgan fingerprint density at radius 1 is 1.25 bits per heavy atom. The van der Waals surface area contributed by atoms with E-state index in [0.717, 1.165) is 5.56 Å². The van der Waals surface area contributed by atoms with Crippen LogP contribution in [0, 0.1) is 22.9 Å². The number of nitro benzene ring substituents is 1. The molecule has 0 heterocycles. The van der Waals surface area contributed by atoms with Gasteiger partial charge in [0.2, 0.25) is 0 Å². The van der Waals surface area contributed by atoms with Crippen LogP contribution in [0.4, 0.5) is 15.8 Å². The van der Waals surface area contributed by atoms with Crippen LogP contribution < -0.4 is 5.32 Å². The summed E-state index contributed by atoms with van der Waals surface area (Å²) in [5, 5.41) is 13.8. The minimum absolute atomic E-state index is 0.0963. The molecule has 0 saturated carbocycles. The van der Waals surface area contributed by atoms with Gasteiger partial charge in [-0.3, -0.25) is 10.1 Å². The van der Waals surface area contributed by atoms with E-state index in [1.165, 1.54) is 12.1 Å². The monoisotopic (exact) mass is 274 g/mol. The number of benzene rings is 2. The number of nitro groups is 1. The van der Waals surface area contributed by atoms with Crippen molar-refractivity contribution in [3.63, 3.8) is 0 Å². The zero-order valence-electron chi connectivity index (χ0n) is 11.1. The highest BCUT2D eigenvalue weighted by Gasteiger charge is 2.11. The van der Waals surface area contributed by atoms with Gasteiger partial charge in [0.05, 0.1) is 10.6 Å². The molecule has 0 aliphatic carbocycles. The van der Waals surface area contributed by atoms with E-state index in [1.807, 2.05) is 6.92 Å². The number of para-hydroxylation sites is 1. The van der Waals surface area contributed by atoms with Crippen molar-refractivity contribution in [2.24, 2.45) is 0 Å². The molecule has 2 aromatic carbocycles. The Morgan fingerprint density at radius 2 is 2.00 bits per heavy atom. The van der Waals surface area contributed by atoms with Crippen LogP contribution in [-0.4, -0.2) is 11.5 Å². The topological polar surface area (TPSA) is 55.2 Å². The summed E-state index contributed by atoms with van der Waals surface area (Å²) in [7, 11) is 0. The summed E-state index contributed by atoms with van der Waals surface area (Å²) in [5.41, 5.74) is 2.11. The Balaban J connectivity index is 2.03. The number of hydrogen-bond donors (Lipinski definition) is 1. The lowest BCUT2D eigenvalue weighted by molar-refractivity contribution is -0.385. The van der Waals surface area contributed by atoms with Crippen LogP contribution in [0.15, 0.2) is 42.5 Å². The van der Waals surface area contributed by atoms with E-state index in [4.69, 9.17) is 0 Å². The van der Waals surface area contributed by atoms with Crippen LogP contribution in [0.2, 0.25) is 0 Å². The fourth-order valence-corrected chi connectivity index (χ4v) is 2.01. The van der Waals surface area contributed by atoms with E-state index in [0.29, 0.717) is 24.2 Å². The molecule has 0 atom stereocenters. The van der Waals surface area contributed by atoms with Crippen molar-refractivity contribution in [3.05, 3.63) is 69.5 Å². The first-order valence-corrected chi connectivity index (χ1v) is 6.30. The Kier molecular flexibility index (Phi) is 4.30. The third-order valence-corrected chi connectivity index (χ3v) is 3.02. The summed E-state index contributed by atoms with van der Waals surface area (Å²) in [5.74, 6) is -0.321. The van der Waals surface area contributed by atoms with E-state index in [-0.39, 0.29) is 11.5 Å². The molecule has 0 radical (unpaired) electrons. The lowest BCUT2D eigenvalue weighted by Gasteiger charge is -2.08. The standard InChI is InChI=1S/C15H15FN2O2/c1-11-6-7-13(16)14(10-11)17-9-8-12-4-2-3-5-15(12)18(19)20/h2-7,10,17H,8-9H2,1H3. The molecule has 4 nitrogen and oxygen atoms in total. The number of halogens is 1. The Bertz CT molecular complexity index is 629. The number of nitrogens with zero attached hydrogens (tertiary/aromatic N) is 1. The van der Waals surface area contributed by atoms with Crippen LogP contribution >= 0.6 is 0 Å². The molecule has 0 amide bonds. The molecule has 104 valence electrons. The summed E-state index contributed by atoms with van der Waals surface area (Å²) in [6.07, 6.45) is 0.463. The highest BCUT2D eigenvalue weighted by atomic mass is 19.1. The molecule has 0 aromatic heterocycles. The largest absolute Gasteiger partial charge is 0.382 e. The van der Waals surface area contributed by atoms with Crippen molar-refractivity contribution in [3.8, 4) is 0 Å². The molecule has 2 aromatic rings. The van der Waals surface area contributed by atoms with Gasteiger partial charge < -0.3 is 5.32 Å². The fourth-order valence-electron chi connectivity index (χ4n) is 2.01. The Morgan fingerprint density at radius 3 is 2.75 bits per heavy atom. The predicted octanol–water partition coefficient (Wildman–Crippen LogP) is 3.70. The summed E-state index contributed by atoms with van der Waals surface area (Å²) in [4.78, 5) is 10.5. The van der Waals surface area contributed by atoms with Gasteiger partial charge in [0, 0.05) is 18.2 Å². The van der Waals surface area contributed by atoms with Crippen LogP contribution in [0.5, 0.6) is 0 Å². The van der Waals surface area contributed by atoms with Crippen LogP contribution in [0.3, 0.4) is 0 Å². The van der Waals surface area contributed by atoms with Crippen molar-refractivity contribution in [1.29, 1.82) is 0 Å². The normalized spacial score (nSPS) is 10.3. The van der Waals surface area contributed by atoms with Gasteiger partial charge in [-0.1, -0.05) is 24.3 Å². The molecule has 0 aliphatic heterocycles. The molecule has 0 unspecified atom stereocenters. The first-order chi connectivity index (χ1) is 9.58. The zero-order chi connectivity index (χ0) is 14.5. The van der Waals surface area contributed by atoms with Crippen LogP contribution in [0.1, 0.15) is 11.1 Å². The van der Waals surface area contributed by atoms with E-state index in [1.54, 1.807) is 30.3 Å². The highest BCUT2D eigenvalue weighted by Crippen LogP contribution is 2.19. The van der Waals surface area contributed by atoms with E-state index >= 15 is 0 Å². The fraction of sp³-hybridized carbons (Fsp3) is 0.200. The van der Waals surface area contributed by atoms with Gasteiger partial charge in [-0.2, -0.15) is 0 Å². The molecule has 0 spiro atoms. The molecular weight excluding hydrogens is 259 g/mol. The molecular formula is C15H15FN2O2. The van der Waals surface area contributed by atoms with E-state index < -0.39 is 4.92 Å². The van der Waals surface area contributed by atoms with Crippen molar-refractivity contribution in [2.45, 2.75) is 13.3 Å². The van der Waals surface area contributed by atoms with Crippen molar-refractivity contribution in [1.82, 2.24) is 0 Å². The highest BCUT2D eigenvalue weighted by molar-refractivity contribution is 5.47. The van der Waals surface area contributed by atoms with Gasteiger partial charge in [-0.15, -0.1) is 0 Å². The molecule has 5 heteroatoms. The minimum atomic E-state index is -0.400. The lowest BCUT2D eigenvalue weighted by Crippen LogP contribution is -2.08. The predicted molar refractivity (Wildman–Crippen MR) is 76.4 cm³/mol. The molecule has 20 heavy (non-hydrogen) atoms. The van der Waals surface area contributed by atoms with Crippen molar-refractivity contribution in [2.75, 3.05) is 11.9 Å². The Hall–Kier alpha value is -2.43. The van der Waals surface area contributed by atoms with Crippen molar-refractivity contribution < 1.29 is 9.31 Å². The van der Waals surface area contributed by atoms with Gasteiger partial charge in [0.25, 0.3) is 5.69 Å². The average molecular weight is 274 g/mol. The SMILES string of the molecule is Cc1ccc(F)c(NCCc2ccccc2[N+](=O)[O-])c1. The lowest BCUT2D eigenvalue weighted by atomic mass is 10.1. The van der Waals surface area contributed by atoms with Crippen molar-refractivity contribution >= 4 is 11.4 Å². The number of anilines is 1. The molecule has 0 bridgehead atoms. The van der Waals surface area contributed by atoms with Gasteiger partial charge >= 0.3 is 0 Å². The first kappa shape index (κ1) is 14.0. The van der Waals surface area contributed by atoms with E-state index in [9.17, 15) is 14.5 Å². The van der Waals surface area contributed by atoms with Gasteiger partial charge in [-0.05, 0) is 31.0 Å². The average Bonchev–Trinajstić information content (AvgIpc) is 2.43. The van der Waals surface area contributed by atoms with E-state index in [2.05, 4.69) is 5.32 Å². The summed E-state index contributed by atoms with van der Waals surface area (Å²) >= 11 is 0. The third-order valence-electron chi connectivity index (χ3n) is 3.02. The second-order valence-electron chi connectivity index (χ2n) is 4.55. The molecule has 1 N–H and O–H groups in total. The summed E-state index contributed by atoms with van der Waals surface area (Å²) in [6, 6.07) is 11.4. The van der Waals surface area contributed by atoms with Gasteiger partial charge in [0.15, 0.2) is 0 Å². The second kappa shape index (κ2) is 6.14. The Labute approximate surface area is 116 Å². The zero-order valence-corrected chi connectivity index (χ0v) is 11.1. The number of nitrogens with one attached hydrogen (secondary N) is 1. The first-order valence-electron chi connectivity index (χ1n) is 6.30. The number of aryl methyl sites for hydroxylation is 1. The summed E-state index contributed by atoms with van der Waals surface area (Å²) in [6.45, 7) is 2.32. The molecule has 2 rings (SSSR count). The number of hydrogen-bond acceptors (Lipinski definition) is 3. The maximum absolute atomic E-state index is 13.5. The summed E-state index contributed by atoms with van der Waals surface area (Å²) < 4.78 is 13.5. The smallest absolute Gasteiger partial charge is 0.272 e. The third kappa shape index (κ3) is 3.32. The van der Waals surface area contributed by atoms with Crippen LogP contribution in [0.25, 0.3) is 0 Å². The van der Waals surface area contributed by atoms with Gasteiger partial charge in [0.1, 0.15) is 5.82 Å². The van der Waals surface area contributed by atoms with Gasteiger partial charge in [-0.25, -0.2) is 4.39 Å². The minimum Gasteiger partial charge on any atom is -0.382 e. The second-order valence-corrected chi connectivity index (χ2v) is 4.55. The molecule has 0 fully saturated rings. The quantitative estimate of drug-likeness (QED) is 0.668. The molecule has 0 saturated heterocycles. The maximum atomic E-state index is 13.5.